The molecule has 0 bridgehead atoms. The summed E-state index contributed by atoms with van der Waals surface area (Å²) in [6.07, 6.45) is 9.05. The number of hydrogen-bond donors (Lipinski definition) is 0. The van der Waals surface area contributed by atoms with Crippen molar-refractivity contribution >= 4 is 23.9 Å². The van der Waals surface area contributed by atoms with E-state index in [0.29, 0.717) is 25.0 Å². The molecule has 42 heavy (non-hydrogen) atoms. The minimum absolute atomic E-state index is 0.101. The van der Waals surface area contributed by atoms with E-state index in [9.17, 15) is 19.2 Å². The maximum Gasteiger partial charge on any atom is 0.309 e. The molecule has 4 fully saturated rings. The van der Waals surface area contributed by atoms with Gasteiger partial charge in [-0.3, -0.25) is 19.2 Å². The average Bonchev–Trinajstić information content (AvgIpc) is 3.87. The van der Waals surface area contributed by atoms with Crippen LogP contribution in [0.2, 0.25) is 0 Å². The maximum absolute atomic E-state index is 12.2. The van der Waals surface area contributed by atoms with Gasteiger partial charge >= 0.3 is 23.9 Å². The van der Waals surface area contributed by atoms with Gasteiger partial charge in [-0.2, -0.15) is 0 Å². The Kier molecular flexibility index (Phi) is 13.5. The summed E-state index contributed by atoms with van der Waals surface area (Å²) in [6, 6.07) is 0. The second-order valence-electron chi connectivity index (χ2n) is 12.4. The van der Waals surface area contributed by atoms with Crippen LogP contribution < -0.4 is 0 Å². The molecule has 2 saturated heterocycles. The zero-order chi connectivity index (χ0) is 30.8. The van der Waals surface area contributed by atoms with Crippen LogP contribution in [0.4, 0.5) is 0 Å². The first-order valence-corrected chi connectivity index (χ1v) is 15.9. The van der Waals surface area contributed by atoms with Gasteiger partial charge in [0.2, 0.25) is 0 Å². The molecule has 10 nitrogen and oxygen atoms in total. The second kappa shape index (κ2) is 16.6. The number of carbonyl (C=O) groups excluding carboxylic acids is 4. The third-order valence-corrected chi connectivity index (χ3v) is 8.99. The maximum atomic E-state index is 12.2. The lowest BCUT2D eigenvalue weighted by Crippen LogP contribution is -2.39. The third-order valence-electron chi connectivity index (χ3n) is 8.99. The van der Waals surface area contributed by atoms with Crippen LogP contribution in [0.3, 0.4) is 0 Å². The largest absolute Gasteiger partial charge is 0.469 e. The van der Waals surface area contributed by atoms with Crippen LogP contribution in [0.15, 0.2) is 0 Å². The topological polar surface area (TPSA) is 124 Å². The minimum Gasteiger partial charge on any atom is -0.469 e. The van der Waals surface area contributed by atoms with Crippen molar-refractivity contribution in [3.05, 3.63) is 0 Å². The molecule has 2 heterocycles. The molecule has 0 aromatic heterocycles. The molecule has 4 rings (SSSR count). The third kappa shape index (κ3) is 10.5. The van der Waals surface area contributed by atoms with Gasteiger partial charge in [0.15, 0.2) is 0 Å². The van der Waals surface area contributed by atoms with Crippen molar-refractivity contribution in [2.24, 2.45) is 35.5 Å². The van der Waals surface area contributed by atoms with Crippen molar-refractivity contribution in [3.63, 3.8) is 0 Å². The van der Waals surface area contributed by atoms with E-state index in [1.54, 1.807) is 13.8 Å². The van der Waals surface area contributed by atoms with Crippen molar-refractivity contribution in [1.82, 2.24) is 0 Å². The quantitative estimate of drug-likeness (QED) is 0.232. The molecule has 4 aliphatic rings. The van der Waals surface area contributed by atoms with Gasteiger partial charge in [-0.05, 0) is 103 Å². The number of methoxy groups -OCH3 is 2. The van der Waals surface area contributed by atoms with Crippen LogP contribution in [0, 0.1) is 35.5 Å². The fourth-order valence-electron chi connectivity index (χ4n) is 6.57. The van der Waals surface area contributed by atoms with Crippen molar-refractivity contribution in [2.75, 3.05) is 27.4 Å². The first kappa shape index (κ1) is 34.3. The molecule has 2 saturated carbocycles. The molecule has 0 amide bonds. The number of rotatable bonds is 12. The standard InChI is InChI=1S/2C16H26O5/c2*1-4-20-16(18)13(9-15(17)19-3)12-7-10(2)21-14(8-12)11-5-6-11/h2*10-14H,4-9H2,1-3H3/t10-,12+,13-,14+;10-,12-,13+,14+/m01/s1. The van der Waals surface area contributed by atoms with E-state index >= 15 is 0 Å². The summed E-state index contributed by atoms with van der Waals surface area (Å²) in [5, 5.41) is 0. The van der Waals surface area contributed by atoms with Crippen LogP contribution in [0.1, 0.15) is 91.9 Å². The molecule has 2 aliphatic heterocycles. The van der Waals surface area contributed by atoms with Crippen LogP contribution in [-0.2, 0) is 47.6 Å². The van der Waals surface area contributed by atoms with Crippen molar-refractivity contribution < 1.29 is 47.6 Å². The first-order chi connectivity index (χ1) is 20.1. The van der Waals surface area contributed by atoms with Crippen molar-refractivity contribution in [1.29, 1.82) is 0 Å². The van der Waals surface area contributed by atoms with E-state index in [-0.39, 0.29) is 73.0 Å². The van der Waals surface area contributed by atoms with Crippen LogP contribution in [0.25, 0.3) is 0 Å². The molecule has 0 unspecified atom stereocenters. The van der Waals surface area contributed by atoms with Gasteiger partial charge in [0.1, 0.15) is 0 Å². The second-order valence-corrected chi connectivity index (χ2v) is 12.4. The summed E-state index contributed by atoms with van der Waals surface area (Å²) in [6.45, 7) is 8.33. The highest BCUT2D eigenvalue weighted by atomic mass is 16.5. The predicted octanol–water partition coefficient (Wildman–Crippen LogP) is 4.65. The van der Waals surface area contributed by atoms with Crippen molar-refractivity contribution in [2.45, 2.75) is 116 Å². The molecule has 0 spiro atoms. The van der Waals surface area contributed by atoms with Crippen LogP contribution in [0.5, 0.6) is 0 Å². The summed E-state index contributed by atoms with van der Waals surface area (Å²) < 4.78 is 31.8. The first-order valence-electron chi connectivity index (χ1n) is 15.9. The highest BCUT2D eigenvalue weighted by molar-refractivity contribution is 5.80. The molecule has 0 aromatic carbocycles. The molecular weight excluding hydrogens is 544 g/mol. The summed E-state index contributed by atoms with van der Waals surface area (Å²) >= 11 is 0. The molecule has 2 aliphatic carbocycles. The van der Waals surface area contributed by atoms with E-state index < -0.39 is 11.8 Å². The number of hydrogen-bond acceptors (Lipinski definition) is 10. The van der Waals surface area contributed by atoms with Gasteiger partial charge in [-0.15, -0.1) is 0 Å². The molecule has 10 heteroatoms. The van der Waals surface area contributed by atoms with E-state index in [0.717, 1.165) is 25.7 Å². The Hall–Kier alpha value is -2.20. The fourth-order valence-corrected chi connectivity index (χ4v) is 6.57. The van der Waals surface area contributed by atoms with Gasteiger partial charge in [0.05, 0.1) is 76.5 Å². The Balaban J connectivity index is 0.000000230. The molecule has 8 atom stereocenters. The van der Waals surface area contributed by atoms with E-state index in [2.05, 4.69) is 0 Å². The number of carbonyl (C=O) groups is 4. The summed E-state index contributed by atoms with van der Waals surface area (Å²) in [4.78, 5) is 47.7. The smallest absolute Gasteiger partial charge is 0.309 e. The van der Waals surface area contributed by atoms with Crippen molar-refractivity contribution in [3.8, 4) is 0 Å². The number of ether oxygens (including phenoxy) is 6. The van der Waals surface area contributed by atoms with Gasteiger partial charge in [0.25, 0.3) is 0 Å². The van der Waals surface area contributed by atoms with Gasteiger partial charge in [-0.25, -0.2) is 0 Å². The minimum atomic E-state index is -0.412. The van der Waals surface area contributed by atoms with E-state index in [4.69, 9.17) is 28.4 Å². The average molecular weight is 597 g/mol. The Bertz CT molecular complexity index is 826. The van der Waals surface area contributed by atoms with Gasteiger partial charge in [0, 0.05) is 0 Å². The highest BCUT2D eigenvalue weighted by Gasteiger charge is 2.44. The Morgan fingerprint density at radius 2 is 1.00 bits per heavy atom. The molecule has 0 N–H and O–H groups in total. The monoisotopic (exact) mass is 596 g/mol. The zero-order valence-electron chi connectivity index (χ0n) is 26.3. The Labute approximate surface area is 250 Å². The fraction of sp³-hybridized carbons (Fsp3) is 0.875. The summed E-state index contributed by atoms with van der Waals surface area (Å²) in [5.41, 5.74) is 0. The molecule has 240 valence electrons. The zero-order valence-corrected chi connectivity index (χ0v) is 26.3. The molecular formula is C32H52O10. The Morgan fingerprint density at radius 3 is 1.29 bits per heavy atom. The Morgan fingerprint density at radius 1 is 0.643 bits per heavy atom. The summed E-state index contributed by atoms with van der Waals surface area (Å²) in [7, 11) is 2.70. The van der Waals surface area contributed by atoms with Crippen LogP contribution in [-0.4, -0.2) is 75.7 Å². The van der Waals surface area contributed by atoms with E-state index in [1.165, 1.54) is 39.9 Å². The predicted molar refractivity (Wildman–Crippen MR) is 153 cm³/mol. The molecule has 0 aromatic rings. The highest BCUT2D eigenvalue weighted by Crippen LogP contribution is 2.44. The SMILES string of the molecule is CCOC(=O)[C@@H](CC(=O)OC)[C@@H]1C[C@@H](C)O[C@H](C2CC2)C1.CCOC(=O)[C@@H](CC(=O)OC)[C@@H]1C[C@H](C)O[C@@H](C2CC2)C1. The lowest BCUT2D eigenvalue weighted by Gasteiger charge is -2.37. The lowest BCUT2D eigenvalue weighted by atomic mass is 9.79. The number of esters is 4. The lowest BCUT2D eigenvalue weighted by molar-refractivity contribution is -0.160. The summed E-state index contributed by atoms with van der Waals surface area (Å²) in [5.74, 6) is -0.545. The van der Waals surface area contributed by atoms with Gasteiger partial charge < -0.3 is 28.4 Å². The molecule has 0 radical (unpaired) electrons. The van der Waals surface area contributed by atoms with Crippen LogP contribution >= 0.6 is 0 Å². The normalized spacial score (nSPS) is 30.5. The van der Waals surface area contributed by atoms with Gasteiger partial charge in [-0.1, -0.05) is 0 Å². The van der Waals surface area contributed by atoms with E-state index in [1.807, 2.05) is 13.8 Å².